The van der Waals surface area contributed by atoms with E-state index in [1.54, 1.807) is 31.3 Å². The van der Waals surface area contributed by atoms with Crippen molar-refractivity contribution in [1.82, 2.24) is 10.3 Å². The first-order valence-corrected chi connectivity index (χ1v) is 10.1. The Labute approximate surface area is 179 Å². The summed E-state index contributed by atoms with van der Waals surface area (Å²) in [4.78, 5) is 41.0. The molecule has 2 aliphatic rings. The van der Waals surface area contributed by atoms with Crippen LogP contribution in [0.25, 0.3) is 0 Å². The molecule has 0 spiro atoms. The Kier molecular flexibility index (Phi) is 5.37. The van der Waals surface area contributed by atoms with E-state index in [2.05, 4.69) is 15.6 Å². The number of dihydropyridines is 1. The molecule has 1 aromatic carbocycles. The summed E-state index contributed by atoms with van der Waals surface area (Å²) in [7, 11) is 0. The lowest BCUT2D eigenvalue weighted by atomic mass is 9.75. The first kappa shape index (κ1) is 20.5. The first-order chi connectivity index (χ1) is 14.8. The van der Waals surface area contributed by atoms with Crippen LogP contribution in [-0.2, 0) is 9.59 Å². The Morgan fingerprint density at radius 2 is 1.90 bits per heavy atom. The SMILES string of the molecule is CC1=C(C(=O)Nc2ccc(C)cn2)[C@@H](c2ccc([N+](=O)[O-])cc2)C2=C(CCCC2=O)N1. The molecule has 2 heterocycles. The van der Waals surface area contributed by atoms with Crippen molar-refractivity contribution in [3.63, 3.8) is 0 Å². The maximum absolute atomic E-state index is 13.3. The van der Waals surface area contributed by atoms with Crippen molar-refractivity contribution < 1.29 is 14.5 Å². The third-order valence-electron chi connectivity index (χ3n) is 5.61. The number of amides is 1. The first-order valence-electron chi connectivity index (χ1n) is 10.1. The largest absolute Gasteiger partial charge is 0.362 e. The van der Waals surface area contributed by atoms with E-state index in [0.717, 1.165) is 24.1 Å². The number of hydrogen-bond donors (Lipinski definition) is 2. The second kappa shape index (κ2) is 8.14. The second-order valence-electron chi connectivity index (χ2n) is 7.79. The second-order valence-corrected chi connectivity index (χ2v) is 7.79. The van der Waals surface area contributed by atoms with Crippen LogP contribution < -0.4 is 10.6 Å². The summed E-state index contributed by atoms with van der Waals surface area (Å²) in [6, 6.07) is 9.60. The molecular formula is C23H22N4O4. The zero-order valence-electron chi connectivity index (χ0n) is 17.3. The van der Waals surface area contributed by atoms with Crippen molar-refractivity contribution in [3.05, 3.63) is 86.4 Å². The fraction of sp³-hybridized carbons (Fsp3) is 0.261. The van der Waals surface area contributed by atoms with Gasteiger partial charge in [-0.2, -0.15) is 0 Å². The third-order valence-corrected chi connectivity index (χ3v) is 5.61. The maximum atomic E-state index is 13.3. The van der Waals surface area contributed by atoms with Gasteiger partial charge in [0.1, 0.15) is 5.82 Å². The maximum Gasteiger partial charge on any atom is 0.269 e. The van der Waals surface area contributed by atoms with Gasteiger partial charge >= 0.3 is 0 Å². The molecule has 8 nitrogen and oxygen atoms in total. The Balaban J connectivity index is 1.77. The summed E-state index contributed by atoms with van der Waals surface area (Å²) in [5.74, 6) is -0.568. The fourth-order valence-electron chi connectivity index (χ4n) is 4.13. The van der Waals surface area contributed by atoms with E-state index in [1.165, 1.54) is 12.1 Å². The van der Waals surface area contributed by atoms with Crippen molar-refractivity contribution >= 4 is 23.2 Å². The van der Waals surface area contributed by atoms with Gasteiger partial charge in [0.25, 0.3) is 11.6 Å². The van der Waals surface area contributed by atoms with E-state index in [4.69, 9.17) is 0 Å². The van der Waals surface area contributed by atoms with Crippen LogP contribution in [0.2, 0.25) is 0 Å². The highest BCUT2D eigenvalue weighted by molar-refractivity contribution is 6.09. The summed E-state index contributed by atoms with van der Waals surface area (Å²) < 4.78 is 0. The van der Waals surface area contributed by atoms with Crippen LogP contribution in [0.4, 0.5) is 11.5 Å². The number of ketones is 1. The molecule has 0 saturated carbocycles. The summed E-state index contributed by atoms with van der Waals surface area (Å²) in [5.41, 5.74) is 4.04. The van der Waals surface area contributed by atoms with E-state index in [1.807, 2.05) is 13.0 Å². The number of nitrogens with zero attached hydrogens (tertiary/aromatic N) is 2. The number of anilines is 1. The highest BCUT2D eigenvalue weighted by atomic mass is 16.6. The monoisotopic (exact) mass is 418 g/mol. The zero-order chi connectivity index (χ0) is 22.1. The number of allylic oxidation sites excluding steroid dienone is 3. The number of aromatic nitrogens is 1. The van der Waals surface area contributed by atoms with Crippen LogP contribution in [0.3, 0.4) is 0 Å². The van der Waals surface area contributed by atoms with Crippen molar-refractivity contribution in [2.45, 2.75) is 39.0 Å². The number of carbonyl (C=O) groups excluding carboxylic acids is 2. The summed E-state index contributed by atoms with van der Waals surface area (Å²) in [5, 5.41) is 17.1. The van der Waals surface area contributed by atoms with Crippen LogP contribution in [0.1, 0.15) is 43.2 Å². The van der Waals surface area contributed by atoms with Gasteiger partial charge in [-0.05, 0) is 43.9 Å². The molecule has 31 heavy (non-hydrogen) atoms. The summed E-state index contributed by atoms with van der Waals surface area (Å²) >= 11 is 0. The lowest BCUT2D eigenvalue weighted by molar-refractivity contribution is -0.384. The molecule has 0 radical (unpaired) electrons. The quantitative estimate of drug-likeness (QED) is 0.575. The van der Waals surface area contributed by atoms with Gasteiger partial charge in [-0.1, -0.05) is 18.2 Å². The topological polar surface area (TPSA) is 114 Å². The molecular weight excluding hydrogens is 396 g/mol. The zero-order valence-corrected chi connectivity index (χ0v) is 17.3. The minimum absolute atomic E-state index is 0.0108. The molecule has 8 heteroatoms. The van der Waals surface area contributed by atoms with Gasteiger partial charge in [0.2, 0.25) is 0 Å². The minimum Gasteiger partial charge on any atom is -0.362 e. The molecule has 158 valence electrons. The van der Waals surface area contributed by atoms with E-state index < -0.39 is 10.8 Å². The van der Waals surface area contributed by atoms with Gasteiger partial charge in [0, 0.05) is 53.2 Å². The molecule has 0 fully saturated rings. The molecule has 1 amide bonds. The lowest BCUT2D eigenvalue weighted by Gasteiger charge is -2.34. The molecule has 1 aliphatic heterocycles. The van der Waals surface area contributed by atoms with Crippen LogP contribution >= 0.6 is 0 Å². The smallest absolute Gasteiger partial charge is 0.269 e. The van der Waals surface area contributed by atoms with Crippen molar-refractivity contribution in [2.24, 2.45) is 0 Å². The number of rotatable bonds is 4. The Morgan fingerprint density at radius 1 is 1.16 bits per heavy atom. The standard InChI is InChI=1S/C23H22N4O4/c1-13-6-11-19(24-12-13)26-23(29)20-14(2)25-17-4-3-5-18(28)22(17)21(20)15-7-9-16(10-8-15)27(30)31/h6-12,21,25H,3-5H2,1-2H3,(H,24,26,29)/t21-/m1/s1. The molecule has 4 rings (SSSR count). The molecule has 0 bridgehead atoms. The molecule has 0 unspecified atom stereocenters. The molecule has 2 aromatic rings. The van der Waals surface area contributed by atoms with E-state index >= 15 is 0 Å². The molecule has 2 N–H and O–H groups in total. The van der Waals surface area contributed by atoms with Crippen molar-refractivity contribution in [3.8, 4) is 0 Å². The molecule has 0 saturated heterocycles. The molecule has 1 aromatic heterocycles. The molecule has 1 aliphatic carbocycles. The fourth-order valence-corrected chi connectivity index (χ4v) is 4.13. The van der Waals surface area contributed by atoms with Crippen LogP contribution in [0.5, 0.6) is 0 Å². The van der Waals surface area contributed by atoms with Gasteiger partial charge in [-0.15, -0.1) is 0 Å². The number of carbonyl (C=O) groups is 2. The predicted molar refractivity (Wildman–Crippen MR) is 115 cm³/mol. The van der Waals surface area contributed by atoms with Crippen molar-refractivity contribution in [1.29, 1.82) is 0 Å². The number of nitro groups is 1. The highest BCUT2D eigenvalue weighted by Crippen LogP contribution is 2.42. The predicted octanol–water partition coefficient (Wildman–Crippen LogP) is 3.90. The number of Topliss-reactive ketones (excluding diaryl/α,β-unsaturated/α-hetero) is 1. The summed E-state index contributed by atoms with van der Waals surface area (Å²) in [6.45, 7) is 3.71. The van der Waals surface area contributed by atoms with Gasteiger partial charge < -0.3 is 10.6 Å². The third kappa shape index (κ3) is 3.96. The normalized spacial score (nSPS) is 18.4. The Hall–Kier alpha value is -3.81. The van der Waals surface area contributed by atoms with Gasteiger partial charge in [-0.25, -0.2) is 4.98 Å². The minimum atomic E-state index is -0.602. The van der Waals surface area contributed by atoms with Crippen LogP contribution in [0.15, 0.2) is 65.1 Å². The average Bonchev–Trinajstić information content (AvgIpc) is 2.74. The number of non-ortho nitro benzene ring substituents is 1. The highest BCUT2D eigenvalue weighted by Gasteiger charge is 2.38. The van der Waals surface area contributed by atoms with Gasteiger partial charge in [0.15, 0.2) is 5.78 Å². The van der Waals surface area contributed by atoms with E-state index in [-0.39, 0.29) is 17.4 Å². The van der Waals surface area contributed by atoms with E-state index in [9.17, 15) is 19.7 Å². The number of hydrogen-bond acceptors (Lipinski definition) is 6. The number of nitro benzene ring substituents is 1. The van der Waals surface area contributed by atoms with E-state index in [0.29, 0.717) is 34.6 Å². The Bertz CT molecular complexity index is 1130. The van der Waals surface area contributed by atoms with Crippen LogP contribution in [-0.4, -0.2) is 21.6 Å². The number of benzene rings is 1. The van der Waals surface area contributed by atoms with Crippen molar-refractivity contribution in [2.75, 3.05) is 5.32 Å². The van der Waals surface area contributed by atoms with Crippen LogP contribution in [0, 0.1) is 17.0 Å². The Morgan fingerprint density at radius 3 is 2.55 bits per heavy atom. The van der Waals surface area contributed by atoms with Gasteiger partial charge in [-0.3, -0.25) is 19.7 Å². The number of aryl methyl sites for hydroxylation is 1. The molecule has 1 atom stereocenters. The number of pyridine rings is 1. The summed E-state index contributed by atoms with van der Waals surface area (Å²) in [6.07, 6.45) is 3.54. The number of nitrogens with one attached hydrogen (secondary N) is 2. The lowest BCUT2D eigenvalue weighted by Crippen LogP contribution is -2.35. The average molecular weight is 418 g/mol. The van der Waals surface area contributed by atoms with Gasteiger partial charge in [0.05, 0.1) is 4.92 Å².